The Hall–Kier alpha value is -2.01. The Balaban J connectivity index is 2.48. The number of rotatable bonds is 4. The van der Waals surface area contributed by atoms with Gasteiger partial charge in [0.05, 0.1) is 17.7 Å². The molecule has 0 fully saturated rings. The summed E-state index contributed by atoms with van der Waals surface area (Å²) in [6.45, 7) is 9.94. The SMILES string of the molecule is COc1ccc(S(=O)(=O)Nc2cccc(C)c2C)cc1C(C)(C)C. The molecule has 1 N–H and O–H groups in total. The number of benzene rings is 2. The van der Waals surface area contributed by atoms with Gasteiger partial charge in [0.15, 0.2) is 0 Å². The maximum Gasteiger partial charge on any atom is 0.261 e. The normalized spacial score (nSPS) is 12.1. The lowest BCUT2D eigenvalue weighted by atomic mass is 9.86. The van der Waals surface area contributed by atoms with Crippen LogP contribution in [0.25, 0.3) is 0 Å². The zero-order chi connectivity index (χ0) is 18.1. The summed E-state index contributed by atoms with van der Waals surface area (Å²) in [4.78, 5) is 0.231. The molecule has 0 amide bonds. The fourth-order valence-electron chi connectivity index (χ4n) is 2.51. The van der Waals surface area contributed by atoms with Crippen LogP contribution < -0.4 is 9.46 Å². The highest BCUT2D eigenvalue weighted by atomic mass is 32.2. The monoisotopic (exact) mass is 347 g/mol. The molecule has 0 heterocycles. The summed E-state index contributed by atoms with van der Waals surface area (Å²) >= 11 is 0. The standard InChI is InChI=1S/C19H25NO3S/c1-13-8-7-9-17(14(13)2)20-24(21,22)15-10-11-18(23-6)16(12-15)19(3,4)5/h7-12,20H,1-6H3. The summed E-state index contributed by atoms with van der Waals surface area (Å²) in [5.74, 6) is 0.688. The molecule has 2 aromatic rings. The van der Waals surface area contributed by atoms with Crippen molar-refractivity contribution in [3.05, 3.63) is 53.1 Å². The van der Waals surface area contributed by atoms with E-state index >= 15 is 0 Å². The second kappa shape index (κ2) is 6.48. The molecule has 0 aromatic heterocycles. The summed E-state index contributed by atoms with van der Waals surface area (Å²) in [5.41, 5.74) is 3.19. The zero-order valence-electron chi connectivity index (χ0n) is 15.1. The van der Waals surface area contributed by atoms with E-state index in [1.165, 1.54) is 0 Å². The summed E-state index contributed by atoms with van der Waals surface area (Å²) in [7, 11) is -2.08. The molecule has 5 heteroatoms. The van der Waals surface area contributed by atoms with Crippen LogP contribution >= 0.6 is 0 Å². The van der Waals surface area contributed by atoms with Crippen molar-refractivity contribution in [1.29, 1.82) is 0 Å². The number of methoxy groups -OCH3 is 1. The van der Waals surface area contributed by atoms with E-state index in [2.05, 4.69) is 4.72 Å². The van der Waals surface area contributed by atoms with Crippen LogP contribution in [0.3, 0.4) is 0 Å². The predicted octanol–water partition coefficient (Wildman–Crippen LogP) is 4.41. The quantitative estimate of drug-likeness (QED) is 0.891. The fourth-order valence-corrected chi connectivity index (χ4v) is 3.65. The molecule has 24 heavy (non-hydrogen) atoms. The Bertz CT molecular complexity index is 849. The lowest BCUT2D eigenvalue weighted by Crippen LogP contribution is -2.17. The highest BCUT2D eigenvalue weighted by Crippen LogP contribution is 2.33. The molecule has 0 atom stereocenters. The second-order valence-electron chi connectivity index (χ2n) is 6.97. The van der Waals surface area contributed by atoms with Gasteiger partial charge >= 0.3 is 0 Å². The predicted molar refractivity (Wildman–Crippen MR) is 98.4 cm³/mol. The summed E-state index contributed by atoms with van der Waals surface area (Å²) in [5, 5.41) is 0. The summed E-state index contributed by atoms with van der Waals surface area (Å²) in [6.07, 6.45) is 0. The molecular formula is C19H25NO3S. The van der Waals surface area contributed by atoms with Gasteiger partial charge in [-0.2, -0.15) is 0 Å². The van der Waals surface area contributed by atoms with Crippen molar-refractivity contribution in [2.75, 3.05) is 11.8 Å². The number of nitrogens with one attached hydrogen (secondary N) is 1. The third kappa shape index (κ3) is 3.73. The maximum absolute atomic E-state index is 12.8. The number of sulfonamides is 1. The molecule has 2 aromatic carbocycles. The lowest BCUT2D eigenvalue weighted by Gasteiger charge is -2.23. The van der Waals surface area contributed by atoms with E-state index in [-0.39, 0.29) is 10.3 Å². The van der Waals surface area contributed by atoms with Gasteiger partial charge in [-0.25, -0.2) is 8.42 Å². The third-order valence-corrected chi connectivity index (χ3v) is 5.50. The van der Waals surface area contributed by atoms with Gasteiger partial charge in [-0.1, -0.05) is 32.9 Å². The van der Waals surface area contributed by atoms with Gasteiger partial charge < -0.3 is 4.74 Å². The average Bonchev–Trinajstić information content (AvgIpc) is 2.50. The molecule has 0 aliphatic rings. The van der Waals surface area contributed by atoms with Crippen LogP contribution in [0.2, 0.25) is 0 Å². The van der Waals surface area contributed by atoms with Gasteiger partial charge in [-0.3, -0.25) is 4.72 Å². The Morgan fingerprint density at radius 2 is 1.71 bits per heavy atom. The van der Waals surface area contributed by atoms with E-state index in [1.54, 1.807) is 31.4 Å². The number of ether oxygens (including phenoxy) is 1. The zero-order valence-corrected chi connectivity index (χ0v) is 15.9. The highest BCUT2D eigenvalue weighted by molar-refractivity contribution is 7.92. The Morgan fingerprint density at radius 3 is 2.29 bits per heavy atom. The molecule has 0 aliphatic carbocycles. The van der Waals surface area contributed by atoms with Crippen LogP contribution in [0.4, 0.5) is 5.69 Å². The van der Waals surface area contributed by atoms with E-state index < -0.39 is 10.0 Å². The lowest BCUT2D eigenvalue weighted by molar-refractivity contribution is 0.397. The Kier molecular flexibility index (Phi) is 4.95. The minimum Gasteiger partial charge on any atom is -0.496 e. The molecule has 4 nitrogen and oxygen atoms in total. The molecule has 0 radical (unpaired) electrons. The highest BCUT2D eigenvalue weighted by Gasteiger charge is 2.23. The Labute approximate surface area is 144 Å². The average molecular weight is 347 g/mol. The van der Waals surface area contributed by atoms with Crippen molar-refractivity contribution in [2.45, 2.75) is 44.9 Å². The molecule has 0 unspecified atom stereocenters. The van der Waals surface area contributed by atoms with Crippen LogP contribution in [0, 0.1) is 13.8 Å². The summed E-state index contributed by atoms with van der Waals surface area (Å²) in [6, 6.07) is 10.5. The first kappa shape index (κ1) is 18.3. The van der Waals surface area contributed by atoms with Crippen LogP contribution in [0.15, 0.2) is 41.3 Å². The minimum absolute atomic E-state index is 0.226. The minimum atomic E-state index is -3.67. The van der Waals surface area contributed by atoms with Crippen LogP contribution in [0.5, 0.6) is 5.75 Å². The smallest absolute Gasteiger partial charge is 0.261 e. The van der Waals surface area contributed by atoms with Crippen molar-refractivity contribution in [2.24, 2.45) is 0 Å². The van der Waals surface area contributed by atoms with E-state index in [0.29, 0.717) is 11.4 Å². The van der Waals surface area contributed by atoms with E-state index in [0.717, 1.165) is 16.7 Å². The van der Waals surface area contributed by atoms with Crippen molar-refractivity contribution < 1.29 is 13.2 Å². The van der Waals surface area contributed by atoms with Gasteiger partial charge in [-0.15, -0.1) is 0 Å². The number of anilines is 1. The van der Waals surface area contributed by atoms with Crippen molar-refractivity contribution in [3.8, 4) is 5.75 Å². The van der Waals surface area contributed by atoms with Crippen LogP contribution in [0.1, 0.15) is 37.5 Å². The van der Waals surface area contributed by atoms with Crippen molar-refractivity contribution in [3.63, 3.8) is 0 Å². The van der Waals surface area contributed by atoms with E-state index in [4.69, 9.17) is 4.74 Å². The molecule has 0 spiro atoms. The van der Waals surface area contributed by atoms with Gasteiger partial charge in [0, 0.05) is 5.56 Å². The molecule has 130 valence electrons. The molecule has 0 aliphatic heterocycles. The van der Waals surface area contributed by atoms with Gasteiger partial charge in [0.25, 0.3) is 10.0 Å². The second-order valence-corrected chi connectivity index (χ2v) is 8.65. The topological polar surface area (TPSA) is 55.4 Å². The van der Waals surface area contributed by atoms with Crippen molar-refractivity contribution >= 4 is 15.7 Å². The maximum atomic E-state index is 12.8. The Morgan fingerprint density at radius 1 is 1.04 bits per heavy atom. The third-order valence-electron chi connectivity index (χ3n) is 4.14. The molecule has 0 saturated carbocycles. The van der Waals surface area contributed by atoms with E-state index in [9.17, 15) is 8.42 Å². The van der Waals surface area contributed by atoms with Gasteiger partial charge in [0.2, 0.25) is 0 Å². The molecular weight excluding hydrogens is 322 g/mol. The molecule has 0 saturated heterocycles. The first-order valence-corrected chi connectivity index (χ1v) is 9.32. The van der Waals surface area contributed by atoms with E-state index in [1.807, 2.05) is 46.8 Å². The molecule has 0 bridgehead atoms. The first-order valence-electron chi connectivity index (χ1n) is 7.84. The van der Waals surface area contributed by atoms with Crippen molar-refractivity contribution in [1.82, 2.24) is 0 Å². The number of hydrogen-bond acceptors (Lipinski definition) is 3. The molecule has 2 rings (SSSR count). The van der Waals surface area contributed by atoms with Gasteiger partial charge in [0.1, 0.15) is 5.75 Å². The number of aryl methyl sites for hydroxylation is 1. The van der Waals surface area contributed by atoms with Crippen LogP contribution in [-0.2, 0) is 15.4 Å². The van der Waals surface area contributed by atoms with Crippen LogP contribution in [-0.4, -0.2) is 15.5 Å². The first-order chi connectivity index (χ1) is 11.1. The summed E-state index contributed by atoms with van der Waals surface area (Å²) < 4.78 is 33.7. The largest absolute Gasteiger partial charge is 0.496 e. The fraction of sp³-hybridized carbons (Fsp3) is 0.368. The van der Waals surface area contributed by atoms with Gasteiger partial charge in [-0.05, 0) is 54.7 Å². The number of hydrogen-bond donors (Lipinski definition) is 1.